The topological polar surface area (TPSA) is 93.3 Å². The summed E-state index contributed by atoms with van der Waals surface area (Å²) in [6, 6.07) is 51.4. The molecule has 0 atom stereocenters. The molecule has 0 saturated heterocycles. The monoisotopic (exact) mass is 735 g/mol. The Labute approximate surface area is 324 Å². The third-order valence-corrected chi connectivity index (χ3v) is 9.28. The molecule has 0 amide bonds. The van der Waals surface area contributed by atoms with Crippen molar-refractivity contribution in [3.63, 3.8) is 0 Å². The predicted molar refractivity (Wildman–Crippen MR) is 218 cm³/mol. The van der Waals surface area contributed by atoms with Crippen LogP contribution in [0, 0.1) is 0 Å². The first-order chi connectivity index (χ1) is 27.6. The molecule has 0 fully saturated rings. The first-order valence-corrected chi connectivity index (χ1v) is 18.1. The molecule has 0 spiro atoms. The van der Waals surface area contributed by atoms with Crippen LogP contribution in [0.4, 0.5) is 0 Å². The van der Waals surface area contributed by atoms with Crippen LogP contribution in [0.25, 0.3) is 51.4 Å². The minimum atomic E-state index is -0.0997. The molecule has 9 heteroatoms. The Morgan fingerprint density at radius 1 is 0.661 bits per heavy atom. The van der Waals surface area contributed by atoms with Crippen LogP contribution in [0.5, 0.6) is 17.2 Å². The fourth-order valence-corrected chi connectivity index (χ4v) is 6.43. The van der Waals surface area contributed by atoms with E-state index in [1.165, 1.54) is 0 Å². The van der Waals surface area contributed by atoms with E-state index in [0.29, 0.717) is 22.8 Å². The van der Waals surface area contributed by atoms with Gasteiger partial charge in [0, 0.05) is 27.9 Å². The smallest absolute Gasteiger partial charge is 0.185 e. The number of carbonyl (C=O) groups excluding carboxylic acids is 1. The number of carbonyl (C=O) groups is 1. The number of rotatable bonds is 13. The number of methoxy groups -OCH3 is 2. The van der Waals surface area contributed by atoms with Gasteiger partial charge in [0.05, 0.1) is 37.5 Å². The molecule has 0 saturated carbocycles. The van der Waals surface area contributed by atoms with Gasteiger partial charge in [0.15, 0.2) is 17.3 Å². The van der Waals surface area contributed by atoms with E-state index in [1.807, 2.05) is 109 Å². The Hall–Kier alpha value is -7.52. The molecule has 8 aromatic rings. The molecule has 0 unspecified atom stereocenters. The SMILES string of the molecule is COc1ccc(C=CC(=O)c2ccc(-n3cc(COc4ccc(-c5nc(-c6ccccc6)c(-c6ccccc6)n5-c5ccccc5)cc4OC)nn3)cc2)cc1. The van der Waals surface area contributed by atoms with Crippen LogP contribution >= 0.6 is 0 Å². The Morgan fingerprint density at radius 3 is 2.02 bits per heavy atom. The molecule has 0 aliphatic heterocycles. The van der Waals surface area contributed by atoms with Crippen molar-refractivity contribution in [3.05, 3.63) is 187 Å². The van der Waals surface area contributed by atoms with Gasteiger partial charge in [0.1, 0.15) is 23.9 Å². The zero-order valence-corrected chi connectivity index (χ0v) is 30.8. The van der Waals surface area contributed by atoms with Crippen LogP contribution in [0.1, 0.15) is 21.6 Å². The molecule has 56 heavy (non-hydrogen) atoms. The van der Waals surface area contributed by atoms with Crippen molar-refractivity contribution in [2.75, 3.05) is 14.2 Å². The van der Waals surface area contributed by atoms with Crippen molar-refractivity contribution in [1.29, 1.82) is 0 Å². The van der Waals surface area contributed by atoms with E-state index >= 15 is 0 Å². The maximum absolute atomic E-state index is 12.8. The van der Waals surface area contributed by atoms with Crippen molar-refractivity contribution >= 4 is 11.9 Å². The average Bonchev–Trinajstić information content (AvgIpc) is 3.92. The predicted octanol–water partition coefficient (Wildman–Crippen LogP) is 9.95. The molecular formula is C47H37N5O4. The molecule has 9 nitrogen and oxygen atoms in total. The summed E-state index contributed by atoms with van der Waals surface area (Å²) in [6.45, 7) is 0.164. The summed E-state index contributed by atoms with van der Waals surface area (Å²) in [7, 11) is 3.25. The van der Waals surface area contributed by atoms with Crippen molar-refractivity contribution in [3.8, 4) is 62.5 Å². The second kappa shape index (κ2) is 16.2. The van der Waals surface area contributed by atoms with Gasteiger partial charge in [-0.2, -0.15) is 0 Å². The van der Waals surface area contributed by atoms with Gasteiger partial charge in [0.25, 0.3) is 0 Å². The van der Waals surface area contributed by atoms with E-state index in [2.05, 4.69) is 51.3 Å². The summed E-state index contributed by atoms with van der Waals surface area (Å²) in [5, 5.41) is 8.62. The summed E-state index contributed by atoms with van der Waals surface area (Å²) < 4.78 is 21.2. The van der Waals surface area contributed by atoms with E-state index in [-0.39, 0.29) is 12.4 Å². The number of hydrogen-bond donors (Lipinski definition) is 0. The van der Waals surface area contributed by atoms with Crippen LogP contribution in [0.2, 0.25) is 0 Å². The summed E-state index contributed by atoms with van der Waals surface area (Å²) in [4.78, 5) is 18.1. The summed E-state index contributed by atoms with van der Waals surface area (Å²) in [5.74, 6) is 2.54. The molecule has 0 N–H and O–H groups in total. The molecule has 0 aliphatic rings. The first kappa shape index (κ1) is 35.5. The lowest BCUT2D eigenvalue weighted by atomic mass is 10.0. The Kier molecular flexibility index (Phi) is 10.3. The highest BCUT2D eigenvalue weighted by atomic mass is 16.5. The molecule has 2 aromatic heterocycles. The number of imidazole rings is 1. The molecule has 0 aliphatic carbocycles. The van der Waals surface area contributed by atoms with Gasteiger partial charge in [-0.25, -0.2) is 9.67 Å². The number of ketones is 1. The largest absolute Gasteiger partial charge is 0.497 e. The van der Waals surface area contributed by atoms with Gasteiger partial charge < -0.3 is 14.2 Å². The lowest BCUT2D eigenvalue weighted by molar-refractivity contribution is 0.104. The summed E-state index contributed by atoms with van der Waals surface area (Å²) in [5.41, 5.74) is 8.65. The van der Waals surface area contributed by atoms with Crippen molar-refractivity contribution in [1.82, 2.24) is 24.5 Å². The highest BCUT2D eigenvalue weighted by Gasteiger charge is 2.23. The van der Waals surface area contributed by atoms with Crippen molar-refractivity contribution < 1.29 is 19.0 Å². The van der Waals surface area contributed by atoms with E-state index in [1.54, 1.807) is 49.4 Å². The standard InChI is InChI=1S/C47H37N5O4/c1-54-41-26-18-33(19-27-41)20-28-42(53)34-21-24-39(25-22-34)51-31-38(49-50-51)32-56-43-29-23-37(30-44(43)55-2)47-48-45(35-12-6-3-7-13-35)46(36-14-8-4-9-15-36)52(47)40-16-10-5-11-17-40/h3-31H,32H2,1-2H3. The molecule has 0 bridgehead atoms. The average molecular weight is 736 g/mol. The van der Waals surface area contributed by atoms with Crippen LogP contribution in [0.15, 0.2) is 170 Å². The van der Waals surface area contributed by atoms with Crippen LogP contribution < -0.4 is 14.2 Å². The number of nitrogens with zero attached hydrogens (tertiary/aromatic N) is 5. The fraction of sp³-hybridized carbons (Fsp3) is 0.0638. The van der Waals surface area contributed by atoms with Crippen LogP contribution in [-0.2, 0) is 6.61 Å². The first-order valence-electron chi connectivity index (χ1n) is 18.1. The maximum atomic E-state index is 12.8. The number of allylic oxidation sites excluding steroid dienone is 1. The van der Waals surface area contributed by atoms with Crippen LogP contribution in [0.3, 0.4) is 0 Å². The van der Waals surface area contributed by atoms with Gasteiger partial charge in [-0.1, -0.05) is 102 Å². The second-order valence-corrected chi connectivity index (χ2v) is 12.9. The van der Waals surface area contributed by atoms with Gasteiger partial charge >= 0.3 is 0 Å². The minimum absolute atomic E-state index is 0.0997. The van der Waals surface area contributed by atoms with Crippen molar-refractivity contribution in [2.24, 2.45) is 0 Å². The molecule has 0 radical (unpaired) electrons. The molecular weight excluding hydrogens is 699 g/mol. The molecule has 6 aromatic carbocycles. The second-order valence-electron chi connectivity index (χ2n) is 12.9. The van der Waals surface area contributed by atoms with Gasteiger partial charge in [-0.05, 0) is 78.4 Å². The highest BCUT2D eigenvalue weighted by molar-refractivity contribution is 6.06. The molecule has 274 valence electrons. The van der Waals surface area contributed by atoms with Crippen molar-refractivity contribution in [2.45, 2.75) is 6.61 Å². The number of hydrogen-bond acceptors (Lipinski definition) is 7. The Balaban J connectivity index is 1.02. The zero-order valence-electron chi connectivity index (χ0n) is 30.8. The number of para-hydroxylation sites is 1. The quantitative estimate of drug-likeness (QED) is 0.0860. The number of ether oxygens (including phenoxy) is 3. The van der Waals surface area contributed by atoms with Gasteiger partial charge in [-0.15, -0.1) is 5.10 Å². The number of benzene rings is 6. The van der Waals surface area contributed by atoms with E-state index < -0.39 is 0 Å². The molecule has 2 heterocycles. The maximum Gasteiger partial charge on any atom is 0.185 e. The van der Waals surface area contributed by atoms with Crippen LogP contribution in [-0.4, -0.2) is 44.5 Å². The highest BCUT2D eigenvalue weighted by Crippen LogP contribution is 2.40. The Morgan fingerprint density at radius 2 is 1.34 bits per heavy atom. The lowest BCUT2D eigenvalue weighted by Crippen LogP contribution is -2.01. The van der Waals surface area contributed by atoms with Gasteiger partial charge in [-0.3, -0.25) is 9.36 Å². The minimum Gasteiger partial charge on any atom is -0.497 e. The third kappa shape index (κ3) is 7.60. The summed E-state index contributed by atoms with van der Waals surface area (Å²) >= 11 is 0. The summed E-state index contributed by atoms with van der Waals surface area (Å²) in [6.07, 6.45) is 5.14. The molecule has 8 rings (SSSR count). The third-order valence-electron chi connectivity index (χ3n) is 9.28. The lowest BCUT2D eigenvalue weighted by Gasteiger charge is -2.15. The zero-order chi connectivity index (χ0) is 38.3. The van der Waals surface area contributed by atoms with E-state index in [0.717, 1.165) is 56.6 Å². The van der Waals surface area contributed by atoms with E-state index in [9.17, 15) is 4.79 Å². The number of aromatic nitrogens is 5. The fourth-order valence-electron chi connectivity index (χ4n) is 6.43. The van der Waals surface area contributed by atoms with Gasteiger partial charge in [0.2, 0.25) is 0 Å². The normalized spacial score (nSPS) is 11.1. The Bertz CT molecular complexity index is 2600. The van der Waals surface area contributed by atoms with E-state index in [4.69, 9.17) is 19.2 Å².